The Kier molecular flexibility index (Phi) is 7.68. The number of nitro benzene ring substituents is 1. The molecule has 0 radical (unpaired) electrons. The summed E-state index contributed by atoms with van der Waals surface area (Å²) in [6.07, 6.45) is 3.64. The van der Waals surface area contributed by atoms with Gasteiger partial charge in [-0.15, -0.1) is 0 Å². The number of carbonyl (C=O) groups excluding carboxylic acids is 2. The van der Waals surface area contributed by atoms with Crippen molar-refractivity contribution in [3.05, 3.63) is 57.8 Å². The molecule has 0 aliphatic rings. The molecule has 0 spiro atoms. The molecule has 31 heavy (non-hydrogen) atoms. The van der Waals surface area contributed by atoms with Crippen LogP contribution in [0.2, 0.25) is 0 Å². The Labute approximate surface area is 181 Å². The monoisotopic (exact) mass is 427 g/mol. The Hall–Kier alpha value is -3.49. The molecule has 1 N–H and O–H groups in total. The predicted octanol–water partition coefficient (Wildman–Crippen LogP) is 3.52. The van der Waals surface area contributed by atoms with E-state index in [1.807, 2.05) is 33.8 Å². The van der Waals surface area contributed by atoms with Gasteiger partial charge in [-0.1, -0.05) is 27.7 Å². The number of hydrogen-bond acceptors (Lipinski definition) is 5. The largest absolute Gasteiger partial charge is 0.330 e. The van der Waals surface area contributed by atoms with Gasteiger partial charge in [-0.25, -0.2) is 0 Å². The first-order valence-electron chi connectivity index (χ1n) is 10.1. The number of nitrogens with one attached hydrogen (secondary N) is 1. The Morgan fingerprint density at radius 2 is 1.90 bits per heavy atom. The number of amides is 2. The van der Waals surface area contributed by atoms with Crippen LogP contribution in [0, 0.1) is 10.1 Å². The van der Waals surface area contributed by atoms with Crippen molar-refractivity contribution in [1.29, 1.82) is 0 Å². The lowest BCUT2D eigenvalue weighted by atomic mass is 9.92. The molecule has 0 fully saturated rings. The molecule has 0 aliphatic heterocycles. The first kappa shape index (κ1) is 23.8. The van der Waals surface area contributed by atoms with E-state index in [1.54, 1.807) is 29.9 Å². The first-order chi connectivity index (χ1) is 14.5. The third kappa shape index (κ3) is 6.77. The number of carbonyl (C=O) groups is 2. The van der Waals surface area contributed by atoms with Gasteiger partial charge in [0.05, 0.1) is 10.6 Å². The summed E-state index contributed by atoms with van der Waals surface area (Å²) in [4.78, 5) is 36.9. The van der Waals surface area contributed by atoms with Crippen LogP contribution in [0.1, 0.15) is 45.4 Å². The number of nitro groups is 1. The summed E-state index contributed by atoms with van der Waals surface area (Å²) in [7, 11) is 1.76. The van der Waals surface area contributed by atoms with Crippen molar-refractivity contribution < 1.29 is 14.5 Å². The molecule has 1 aromatic heterocycles. The highest BCUT2D eigenvalue weighted by atomic mass is 16.6. The van der Waals surface area contributed by atoms with Crippen LogP contribution in [-0.4, -0.2) is 44.5 Å². The summed E-state index contributed by atoms with van der Waals surface area (Å²) in [5, 5.41) is 18.0. The molecule has 1 heterocycles. The van der Waals surface area contributed by atoms with Gasteiger partial charge in [-0.2, -0.15) is 5.10 Å². The lowest BCUT2D eigenvalue weighted by Gasteiger charge is -2.20. The van der Waals surface area contributed by atoms with E-state index in [0.717, 1.165) is 5.69 Å². The molecule has 0 unspecified atom stereocenters. The summed E-state index contributed by atoms with van der Waals surface area (Å²) in [5.74, 6) is -0.0509. The summed E-state index contributed by atoms with van der Waals surface area (Å²) < 4.78 is 1.61. The maximum Gasteiger partial charge on any atom is 0.269 e. The van der Waals surface area contributed by atoms with E-state index >= 15 is 0 Å². The molecular formula is C22H29N5O4. The molecule has 0 aliphatic carbocycles. The van der Waals surface area contributed by atoms with Crippen molar-refractivity contribution in [1.82, 2.24) is 14.7 Å². The van der Waals surface area contributed by atoms with Crippen LogP contribution >= 0.6 is 0 Å². The molecule has 166 valence electrons. The zero-order valence-electron chi connectivity index (χ0n) is 18.6. The third-order valence-electron chi connectivity index (χ3n) is 4.58. The number of aromatic nitrogens is 2. The van der Waals surface area contributed by atoms with Crippen molar-refractivity contribution in [3.8, 4) is 0 Å². The zero-order chi connectivity index (χ0) is 23.2. The summed E-state index contributed by atoms with van der Waals surface area (Å²) >= 11 is 0. The zero-order valence-corrected chi connectivity index (χ0v) is 18.6. The fourth-order valence-corrected chi connectivity index (χ4v) is 2.82. The van der Waals surface area contributed by atoms with Gasteiger partial charge in [0.15, 0.2) is 0 Å². The highest BCUT2D eigenvalue weighted by Gasteiger charge is 2.21. The smallest absolute Gasteiger partial charge is 0.269 e. The van der Waals surface area contributed by atoms with Gasteiger partial charge in [0.2, 0.25) is 11.8 Å². The van der Waals surface area contributed by atoms with Gasteiger partial charge in [0.1, 0.15) is 12.4 Å². The average molecular weight is 428 g/mol. The van der Waals surface area contributed by atoms with Gasteiger partial charge in [-0.3, -0.25) is 24.4 Å². The number of non-ortho nitro benzene ring substituents is 1. The Balaban J connectivity index is 2.04. The van der Waals surface area contributed by atoms with E-state index in [4.69, 9.17) is 0 Å². The van der Waals surface area contributed by atoms with Crippen molar-refractivity contribution in [3.63, 3.8) is 0 Å². The van der Waals surface area contributed by atoms with Crippen LogP contribution in [0.3, 0.4) is 0 Å². The summed E-state index contributed by atoms with van der Waals surface area (Å²) in [6, 6.07) is 7.71. The van der Waals surface area contributed by atoms with Crippen LogP contribution in [0.25, 0.3) is 6.08 Å². The molecular weight excluding hydrogens is 398 g/mol. The molecule has 1 aromatic carbocycles. The van der Waals surface area contributed by atoms with E-state index in [-0.39, 0.29) is 29.5 Å². The number of nitrogens with zero attached hydrogens (tertiary/aromatic N) is 4. The SMILES string of the molecule is CCCN(CC(=O)Nc1cc(C(C)(C)C)nn1C)C(=O)C=Cc1ccc([N+](=O)[O-])cc1. The first-order valence-corrected chi connectivity index (χ1v) is 10.1. The molecule has 0 saturated carbocycles. The van der Waals surface area contributed by atoms with Crippen LogP contribution in [-0.2, 0) is 22.1 Å². The van der Waals surface area contributed by atoms with Gasteiger partial charge >= 0.3 is 0 Å². The van der Waals surface area contributed by atoms with E-state index in [9.17, 15) is 19.7 Å². The van der Waals surface area contributed by atoms with Crippen molar-refractivity contribution in [2.24, 2.45) is 7.05 Å². The van der Waals surface area contributed by atoms with Gasteiger partial charge in [0.25, 0.3) is 5.69 Å². The fraction of sp³-hybridized carbons (Fsp3) is 0.409. The number of aryl methyl sites for hydroxylation is 1. The Morgan fingerprint density at radius 1 is 1.26 bits per heavy atom. The van der Waals surface area contributed by atoms with Gasteiger partial charge < -0.3 is 10.2 Å². The summed E-state index contributed by atoms with van der Waals surface area (Å²) in [5.41, 5.74) is 1.35. The van der Waals surface area contributed by atoms with Crippen molar-refractivity contribution >= 4 is 29.4 Å². The maximum absolute atomic E-state index is 12.6. The second-order valence-corrected chi connectivity index (χ2v) is 8.28. The third-order valence-corrected chi connectivity index (χ3v) is 4.58. The molecule has 2 rings (SSSR count). The standard InChI is InChI=1S/C22H29N5O4/c1-6-13-26(21(29)12-9-16-7-10-17(11-8-16)27(30)31)15-20(28)23-19-14-18(22(2,3)4)24-25(19)5/h7-12,14H,6,13,15H2,1-5H3,(H,23,28). The van der Waals surface area contributed by atoms with Crippen LogP contribution in [0.4, 0.5) is 11.5 Å². The average Bonchev–Trinajstić information content (AvgIpc) is 3.06. The molecule has 2 aromatic rings. The molecule has 0 atom stereocenters. The minimum Gasteiger partial charge on any atom is -0.330 e. The van der Waals surface area contributed by atoms with Crippen LogP contribution in [0.15, 0.2) is 36.4 Å². The Bertz CT molecular complexity index is 971. The second-order valence-electron chi connectivity index (χ2n) is 8.28. The Morgan fingerprint density at radius 3 is 2.42 bits per heavy atom. The van der Waals surface area contributed by atoms with Crippen molar-refractivity contribution in [2.75, 3.05) is 18.4 Å². The molecule has 9 heteroatoms. The highest BCUT2D eigenvalue weighted by Crippen LogP contribution is 2.23. The second kappa shape index (κ2) is 10.0. The van der Waals surface area contributed by atoms with E-state index in [0.29, 0.717) is 24.3 Å². The minimum atomic E-state index is -0.479. The lowest BCUT2D eigenvalue weighted by Crippen LogP contribution is -2.37. The normalized spacial score (nSPS) is 11.5. The van der Waals surface area contributed by atoms with Crippen molar-refractivity contribution in [2.45, 2.75) is 39.5 Å². The number of benzene rings is 1. The van der Waals surface area contributed by atoms with E-state index in [2.05, 4.69) is 10.4 Å². The van der Waals surface area contributed by atoms with Gasteiger partial charge in [0, 0.05) is 43.3 Å². The number of hydrogen-bond donors (Lipinski definition) is 1. The molecule has 9 nitrogen and oxygen atoms in total. The van der Waals surface area contributed by atoms with Crippen LogP contribution in [0.5, 0.6) is 0 Å². The number of rotatable bonds is 8. The van der Waals surface area contributed by atoms with Crippen LogP contribution < -0.4 is 5.32 Å². The number of anilines is 1. The van der Waals surface area contributed by atoms with Gasteiger partial charge in [-0.05, 0) is 30.2 Å². The minimum absolute atomic E-state index is 0.0162. The molecule has 2 amide bonds. The predicted molar refractivity (Wildman–Crippen MR) is 120 cm³/mol. The maximum atomic E-state index is 12.6. The fourth-order valence-electron chi connectivity index (χ4n) is 2.82. The molecule has 0 bridgehead atoms. The molecule has 0 saturated heterocycles. The highest BCUT2D eigenvalue weighted by molar-refractivity contribution is 5.97. The topological polar surface area (TPSA) is 110 Å². The quantitative estimate of drug-likeness (QED) is 0.394. The van der Waals surface area contributed by atoms with E-state index in [1.165, 1.54) is 23.1 Å². The summed E-state index contributed by atoms with van der Waals surface area (Å²) in [6.45, 7) is 8.39. The lowest BCUT2D eigenvalue weighted by molar-refractivity contribution is -0.384. The van der Waals surface area contributed by atoms with E-state index < -0.39 is 4.92 Å².